The van der Waals surface area contributed by atoms with Crippen LogP contribution in [0.4, 0.5) is 0 Å². The summed E-state index contributed by atoms with van der Waals surface area (Å²) in [5, 5.41) is 7.23. The van der Waals surface area contributed by atoms with Crippen LogP contribution < -0.4 is 10.5 Å². The smallest absolute Gasteiger partial charge is 0.254 e. The first-order valence-corrected chi connectivity index (χ1v) is 8.26. The molecule has 0 spiro atoms. The van der Waals surface area contributed by atoms with E-state index in [-0.39, 0.29) is 26.2 Å². The second kappa shape index (κ2) is 5.03. The Morgan fingerprint density at radius 3 is 2.30 bits per heavy atom. The van der Waals surface area contributed by atoms with Gasteiger partial charge < -0.3 is 5.32 Å². The lowest BCUT2D eigenvalue weighted by Crippen LogP contribution is -2.34. The van der Waals surface area contributed by atoms with Crippen molar-refractivity contribution in [1.29, 1.82) is 0 Å². The van der Waals surface area contributed by atoms with E-state index in [0.29, 0.717) is 0 Å². The van der Waals surface area contributed by atoms with Crippen molar-refractivity contribution in [2.75, 3.05) is 0 Å². The Bertz CT molecular complexity index is 699. The molecule has 0 radical (unpaired) electrons. The standard InChI is InChI=1S/C11H11Cl3N2O3S/c1-11(2-3-11)16-10(17)7-8(13)5(12)4-6(9(7)14)20(15,18)19/h4H,2-3H2,1H3,(H,16,17)(H2,15,18,19). The average Bonchev–Trinajstić information content (AvgIpc) is 2.99. The zero-order valence-electron chi connectivity index (χ0n) is 10.3. The van der Waals surface area contributed by atoms with Crippen molar-refractivity contribution >= 4 is 50.7 Å². The number of sulfonamides is 1. The van der Waals surface area contributed by atoms with E-state index in [4.69, 9.17) is 39.9 Å². The summed E-state index contributed by atoms with van der Waals surface area (Å²) < 4.78 is 22.9. The SMILES string of the molecule is CC1(NC(=O)c2c(Cl)c(Cl)cc(S(N)(=O)=O)c2Cl)CC1. The molecular weight excluding hydrogens is 347 g/mol. The molecular formula is C11H11Cl3N2O3S. The van der Waals surface area contributed by atoms with E-state index in [1.165, 1.54) is 0 Å². The van der Waals surface area contributed by atoms with Crippen LogP contribution in [-0.2, 0) is 10.0 Å². The Labute approximate surface area is 131 Å². The molecule has 1 fully saturated rings. The third-order valence-corrected chi connectivity index (χ3v) is 5.30. The Morgan fingerprint density at radius 2 is 1.85 bits per heavy atom. The van der Waals surface area contributed by atoms with Crippen LogP contribution in [0.25, 0.3) is 0 Å². The maximum atomic E-state index is 12.2. The van der Waals surface area contributed by atoms with Crippen molar-refractivity contribution in [3.8, 4) is 0 Å². The highest BCUT2D eigenvalue weighted by molar-refractivity contribution is 7.89. The number of carbonyl (C=O) groups excluding carboxylic acids is 1. The van der Waals surface area contributed by atoms with Gasteiger partial charge >= 0.3 is 0 Å². The molecule has 0 unspecified atom stereocenters. The van der Waals surface area contributed by atoms with Crippen LogP contribution in [0.2, 0.25) is 15.1 Å². The van der Waals surface area contributed by atoms with Gasteiger partial charge in [0.15, 0.2) is 0 Å². The summed E-state index contributed by atoms with van der Waals surface area (Å²) in [7, 11) is -4.11. The molecule has 1 saturated carbocycles. The Morgan fingerprint density at radius 1 is 1.30 bits per heavy atom. The molecule has 3 N–H and O–H groups in total. The number of nitrogens with one attached hydrogen (secondary N) is 1. The first-order valence-electron chi connectivity index (χ1n) is 5.58. The monoisotopic (exact) mass is 356 g/mol. The van der Waals surface area contributed by atoms with E-state index in [0.717, 1.165) is 18.9 Å². The molecule has 110 valence electrons. The van der Waals surface area contributed by atoms with E-state index in [2.05, 4.69) is 5.32 Å². The molecule has 1 aromatic carbocycles. The topological polar surface area (TPSA) is 89.3 Å². The van der Waals surface area contributed by atoms with Gasteiger partial charge in [-0.15, -0.1) is 0 Å². The van der Waals surface area contributed by atoms with Gasteiger partial charge in [0.1, 0.15) is 4.90 Å². The fourth-order valence-corrected chi connectivity index (χ4v) is 3.38. The molecule has 0 bridgehead atoms. The number of nitrogens with two attached hydrogens (primary N) is 1. The molecule has 0 aromatic heterocycles. The minimum absolute atomic E-state index is 0.105. The van der Waals surface area contributed by atoms with Crippen molar-refractivity contribution in [2.45, 2.75) is 30.2 Å². The number of hydrogen-bond donors (Lipinski definition) is 2. The van der Waals surface area contributed by atoms with Gasteiger partial charge in [0.05, 0.1) is 20.6 Å². The van der Waals surface area contributed by atoms with Crippen LogP contribution in [0.5, 0.6) is 0 Å². The Hall–Kier alpha value is -0.530. The van der Waals surface area contributed by atoms with Gasteiger partial charge in [0.25, 0.3) is 5.91 Å². The minimum Gasteiger partial charge on any atom is -0.347 e. The van der Waals surface area contributed by atoms with Crippen LogP contribution in [0.3, 0.4) is 0 Å². The lowest BCUT2D eigenvalue weighted by molar-refractivity contribution is 0.0935. The molecule has 1 aromatic rings. The lowest BCUT2D eigenvalue weighted by Gasteiger charge is -2.15. The fraction of sp³-hybridized carbons (Fsp3) is 0.364. The summed E-state index contributed by atoms with van der Waals surface area (Å²) in [6, 6.07) is 1.02. The largest absolute Gasteiger partial charge is 0.347 e. The van der Waals surface area contributed by atoms with E-state index >= 15 is 0 Å². The predicted molar refractivity (Wildman–Crippen MR) is 78.0 cm³/mol. The van der Waals surface area contributed by atoms with Crippen molar-refractivity contribution in [1.82, 2.24) is 5.32 Å². The van der Waals surface area contributed by atoms with E-state index in [9.17, 15) is 13.2 Å². The molecule has 2 rings (SSSR count). The normalized spacial score (nSPS) is 16.9. The summed E-state index contributed by atoms with van der Waals surface area (Å²) in [5.74, 6) is -0.576. The third-order valence-electron chi connectivity index (χ3n) is 3.07. The van der Waals surface area contributed by atoms with Crippen molar-refractivity contribution < 1.29 is 13.2 Å². The summed E-state index contributed by atoms with van der Waals surface area (Å²) >= 11 is 17.7. The van der Waals surface area contributed by atoms with Crippen LogP contribution in [0, 0.1) is 0 Å². The molecule has 9 heteroatoms. The van der Waals surface area contributed by atoms with Gasteiger partial charge in [-0.05, 0) is 25.8 Å². The van der Waals surface area contributed by atoms with Gasteiger partial charge in [-0.3, -0.25) is 4.79 Å². The van der Waals surface area contributed by atoms with Crippen LogP contribution in [0.1, 0.15) is 30.1 Å². The van der Waals surface area contributed by atoms with Gasteiger partial charge in [-0.1, -0.05) is 34.8 Å². The highest BCUT2D eigenvalue weighted by Gasteiger charge is 2.40. The second-order valence-electron chi connectivity index (χ2n) is 4.92. The van der Waals surface area contributed by atoms with Crippen molar-refractivity contribution in [3.63, 3.8) is 0 Å². The zero-order chi connectivity index (χ0) is 15.3. The van der Waals surface area contributed by atoms with E-state index < -0.39 is 20.8 Å². The molecule has 0 atom stereocenters. The van der Waals surface area contributed by atoms with E-state index in [1.807, 2.05) is 6.92 Å². The Balaban J connectivity index is 2.57. The van der Waals surface area contributed by atoms with Crippen molar-refractivity contribution in [3.05, 3.63) is 26.7 Å². The molecule has 0 heterocycles. The quantitative estimate of drug-likeness (QED) is 0.815. The van der Waals surface area contributed by atoms with E-state index in [1.54, 1.807) is 0 Å². The highest BCUT2D eigenvalue weighted by Crippen LogP contribution is 2.39. The minimum atomic E-state index is -4.11. The zero-order valence-corrected chi connectivity index (χ0v) is 13.4. The van der Waals surface area contributed by atoms with Crippen LogP contribution >= 0.6 is 34.8 Å². The van der Waals surface area contributed by atoms with Crippen molar-refractivity contribution in [2.24, 2.45) is 5.14 Å². The molecule has 5 nitrogen and oxygen atoms in total. The number of primary sulfonamides is 1. The maximum absolute atomic E-state index is 12.2. The summed E-state index contributed by atoms with van der Waals surface area (Å²) in [5.41, 5.74) is -0.494. The maximum Gasteiger partial charge on any atom is 0.254 e. The van der Waals surface area contributed by atoms with Gasteiger partial charge in [0, 0.05) is 5.54 Å². The molecule has 0 saturated heterocycles. The van der Waals surface area contributed by atoms with Gasteiger partial charge in [-0.2, -0.15) is 0 Å². The highest BCUT2D eigenvalue weighted by atomic mass is 35.5. The molecule has 1 aliphatic carbocycles. The third kappa shape index (κ3) is 3.04. The number of hydrogen-bond acceptors (Lipinski definition) is 3. The first kappa shape index (κ1) is 15.9. The summed E-state index contributed by atoms with van der Waals surface area (Å²) in [4.78, 5) is 11.8. The number of benzene rings is 1. The van der Waals surface area contributed by atoms with Gasteiger partial charge in [-0.25, -0.2) is 13.6 Å². The number of carbonyl (C=O) groups is 1. The molecule has 1 amide bonds. The predicted octanol–water partition coefficient (Wildman–Crippen LogP) is 2.58. The molecule has 1 aliphatic rings. The fourth-order valence-electron chi connectivity index (χ4n) is 1.64. The van der Waals surface area contributed by atoms with Crippen LogP contribution in [-0.4, -0.2) is 19.9 Å². The molecule has 20 heavy (non-hydrogen) atoms. The average molecular weight is 358 g/mol. The first-order chi connectivity index (χ1) is 9.05. The lowest BCUT2D eigenvalue weighted by atomic mass is 10.2. The summed E-state index contributed by atoms with van der Waals surface area (Å²) in [6.45, 7) is 1.86. The molecule has 0 aliphatic heterocycles. The van der Waals surface area contributed by atoms with Crippen LogP contribution in [0.15, 0.2) is 11.0 Å². The number of amides is 1. The number of rotatable bonds is 3. The Kier molecular flexibility index (Phi) is 3.99. The summed E-state index contributed by atoms with van der Waals surface area (Å²) in [6.07, 6.45) is 1.66. The van der Waals surface area contributed by atoms with Gasteiger partial charge in [0.2, 0.25) is 10.0 Å². The number of halogens is 3. The second-order valence-corrected chi connectivity index (χ2v) is 7.61.